The SMILES string of the molecule is CCNC(=O)c1ccc(SN2C=C(Nc3cc(C)[nH]n3)[NH+]3C=CN=C3C2)cc1. The molecule has 0 aliphatic carbocycles. The average Bonchev–Trinajstić information content (AvgIpc) is 3.31. The highest BCUT2D eigenvalue weighted by atomic mass is 32.2. The number of hydrogen-bond donors (Lipinski definition) is 4. The second-order valence-electron chi connectivity index (χ2n) is 6.46. The molecular formula is C19H22N7OS+. The lowest BCUT2D eigenvalue weighted by molar-refractivity contribution is -0.699. The zero-order valence-corrected chi connectivity index (χ0v) is 16.5. The molecule has 144 valence electrons. The highest BCUT2D eigenvalue weighted by Gasteiger charge is 2.32. The maximum Gasteiger partial charge on any atom is 0.251 e. The van der Waals surface area contributed by atoms with Gasteiger partial charge in [-0.25, -0.2) is 9.89 Å². The Morgan fingerprint density at radius 3 is 2.89 bits per heavy atom. The first-order valence-corrected chi connectivity index (χ1v) is 9.84. The van der Waals surface area contributed by atoms with Gasteiger partial charge in [0, 0.05) is 28.8 Å². The Kier molecular flexibility index (Phi) is 5.18. The number of fused-ring (bicyclic) bond motifs is 1. The Balaban J connectivity index is 1.50. The molecule has 8 nitrogen and oxygen atoms in total. The summed E-state index contributed by atoms with van der Waals surface area (Å²) in [5, 5.41) is 13.4. The highest BCUT2D eigenvalue weighted by molar-refractivity contribution is 7.97. The number of H-pyrrole nitrogens is 1. The molecule has 1 amide bonds. The van der Waals surface area contributed by atoms with E-state index in [-0.39, 0.29) is 5.91 Å². The van der Waals surface area contributed by atoms with Gasteiger partial charge >= 0.3 is 0 Å². The number of carbonyl (C=O) groups is 1. The zero-order chi connectivity index (χ0) is 19.5. The maximum atomic E-state index is 11.9. The summed E-state index contributed by atoms with van der Waals surface area (Å²) in [5.41, 5.74) is 1.66. The van der Waals surface area contributed by atoms with E-state index in [1.807, 2.05) is 56.6 Å². The lowest BCUT2D eigenvalue weighted by Gasteiger charge is -2.27. The summed E-state index contributed by atoms with van der Waals surface area (Å²) in [5.74, 6) is 2.69. The van der Waals surface area contributed by atoms with Crippen LogP contribution in [0.4, 0.5) is 5.82 Å². The molecule has 2 aliphatic rings. The van der Waals surface area contributed by atoms with E-state index in [1.165, 1.54) is 0 Å². The van der Waals surface area contributed by atoms with Gasteiger partial charge in [-0.2, -0.15) is 5.10 Å². The van der Waals surface area contributed by atoms with Crippen LogP contribution in [0.1, 0.15) is 23.0 Å². The smallest absolute Gasteiger partial charge is 0.251 e. The predicted octanol–water partition coefficient (Wildman–Crippen LogP) is 1.47. The van der Waals surface area contributed by atoms with Gasteiger partial charge in [-0.05, 0) is 50.1 Å². The van der Waals surface area contributed by atoms with Crippen LogP contribution in [0.2, 0.25) is 0 Å². The molecule has 0 bridgehead atoms. The van der Waals surface area contributed by atoms with E-state index in [0.717, 1.165) is 33.0 Å². The van der Waals surface area contributed by atoms with Gasteiger partial charge in [-0.1, -0.05) is 0 Å². The molecule has 3 heterocycles. The summed E-state index contributed by atoms with van der Waals surface area (Å²) in [6.45, 7) is 5.20. The van der Waals surface area contributed by atoms with Crippen molar-refractivity contribution in [1.82, 2.24) is 19.8 Å². The number of anilines is 1. The second-order valence-corrected chi connectivity index (χ2v) is 7.58. The van der Waals surface area contributed by atoms with Crippen LogP contribution >= 0.6 is 11.9 Å². The standard InChI is InChI=1S/C19H21N7OS/c1-3-20-19(27)14-4-6-15(7-5-14)28-25-11-17-21-8-9-26(17)18(12-25)22-16-10-13(2)23-24-16/h4-10,12H,3,11H2,1-2H3,(H,20,27)(H2,22,23,24)/p+1. The summed E-state index contributed by atoms with van der Waals surface area (Å²) in [7, 11) is 0. The highest BCUT2D eigenvalue weighted by Crippen LogP contribution is 2.25. The minimum Gasteiger partial charge on any atom is -0.352 e. The average molecular weight is 397 g/mol. The number of rotatable bonds is 6. The molecule has 1 aromatic heterocycles. The number of aromatic nitrogens is 2. The Morgan fingerprint density at radius 2 is 2.18 bits per heavy atom. The van der Waals surface area contributed by atoms with Crippen molar-refractivity contribution < 1.29 is 9.69 Å². The van der Waals surface area contributed by atoms with Crippen molar-refractivity contribution in [3.05, 3.63) is 66.0 Å². The minimum absolute atomic E-state index is 0.0525. The number of carbonyl (C=O) groups excluding carboxylic acids is 1. The topological polar surface area (TPSA) is 89.9 Å². The molecule has 9 heteroatoms. The molecule has 1 unspecified atom stereocenters. The maximum absolute atomic E-state index is 11.9. The normalized spacial score (nSPS) is 17.8. The number of aliphatic imine (C=N–C) groups is 1. The van der Waals surface area contributed by atoms with Crippen LogP contribution in [-0.2, 0) is 0 Å². The molecule has 0 saturated carbocycles. The Labute approximate surface area is 167 Å². The van der Waals surface area contributed by atoms with Crippen molar-refractivity contribution in [2.24, 2.45) is 4.99 Å². The number of hydrogen-bond acceptors (Lipinski definition) is 6. The van der Waals surface area contributed by atoms with E-state index >= 15 is 0 Å². The quantitative estimate of drug-likeness (QED) is 0.555. The van der Waals surface area contributed by atoms with Crippen LogP contribution in [-0.4, -0.2) is 39.3 Å². The molecule has 4 N–H and O–H groups in total. The fourth-order valence-corrected chi connectivity index (χ4v) is 3.86. The minimum atomic E-state index is -0.0525. The first-order chi connectivity index (χ1) is 13.6. The van der Waals surface area contributed by atoms with Gasteiger partial charge in [0.1, 0.15) is 12.7 Å². The molecule has 0 fully saturated rings. The number of amides is 1. The van der Waals surface area contributed by atoms with Crippen molar-refractivity contribution in [1.29, 1.82) is 0 Å². The number of aromatic amines is 1. The van der Waals surface area contributed by atoms with Crippen molar-refractivity contribution in [2.45, 2.75) is 18.7 Å². The van der Waals surface area contributed by atoms with Crippen molar-refractivity contribution >= 4 is 29.5 Å². The van der Waals surface area contributed by atoms with E-state index in [2.05, 4.69) is 36.3 Å². The van der Waals surface area contributed by atoms with E-state index in [0.29, 0.717) is 18.7 Å². The van der Waals surface area contributed by atoms with E-state index in [1.54, 1.807) is 11.9 Å². The Hall–Kier alpha value is -3.04. The molecule has 0 spiro atoms. The predicted molar refractivity (Wildman–Crippen MR) is 110 cm³/mol. The van der Waals surface area contributed by atoms with Crippen molar-refractivity contribution in [3.63, 3.8) is 0 Å². The van der Waals surface area contributed by atoms with Gasteiger partial charge in [0.25, 0.3) is 5.91 Å². The van der Waals surface area contributed by atoms with Crippen molar-refractivity contribution in [2.75, 3.05) is 18.4 Å². The molecule has 0 radical (unpaired) electrons. The van der Waals surface area contributed by atoms with Crippen LogP contribution in [0.25, 0.3) is 0 Å². The van der Waals surface area contributed by atoms with Crippen LogP contribution in [0.3, 0.4) is 0 Å². The Morgan fingerprint density at radius 1 is 1.36 bits per heavy atom. The monoisotopic (exact) mass is 396 g/mol. The van der Waals surface area contributed by atoms with Gasteiger partial charge in [0.05, 0.1) is 12.4 Å². The van der Waals surface area contributed by atoms with E-state index in [9.17, 15) is 4.79 Å². The third-order valence-electron chi connectivity index (χ3n) is 4.30. The number of quaternary nitrogens is 1. The fraction of sp³-hybridized carbons (Fsp3) is 0.211. The second kappa shape index (κ2) is 7.91. The first-order valence-electron chi connectivity index (χ1n) is 9.07. The number of amidine groups is 1. The first kappa shape index (κ1) is 18.3. The molecule has 2 aliphatic heterocycles. The number of aryl methyl sites for hydroxylation is 1. The molecule has 0 saturated heterocycles. The van der Waals surface area contributed by atoms with Gasteiger partial charge < -0.3 is 5.32 Å². The summed E-state index contributed by atoms with van der Waals surface area (Å²) >= 11 is 1.60. The summed E-state index contributed by atoms with van der Waals surface area (Å²) in [6, 6.07) is 9.57. The number of benzene rings is 1. The molecule has 28 heavy (non-hydrogen) atoms. The van der Waals surface area contributed by atoms with Gasteiger partial charge in [-0.15, -0.1) is 0 Å². The summed E-state index contributed by atoms with van der Waals surface area (Å²) in [4.78, 5) is 18.5. The molecule has 2 aromatic rings. The van der Waals surface area contributed by atoms with E-state index < -0.39 is 0 Å². The van der Waals surface area contributed by atoms with Gasteiger partial charge in [0.2, 0.25) is 11.7 Å². The van der Waals surface area contributed by atoms with E-state index in [4.69, 9.17) is 0 Å². The lowest BCUT2D eigenvalue weighted by Crippen LogP contribution is -3.10. The Bertz CT molecular complexity index is 961. The summed E-state index contributed by atoms with van der Waals surface area (Å²) in [6.07, 6.45) is 5.90. The third kappa shape index (κ3) is 3.95. The largest absolute Gasteiger partial charge is 0.352 e. The van der Waals surface area contributed by atoms with Crippen LogP contribution in [0.5, 0.6) is 0 Å². The van der Waals surface area contributed by atoms with Crippen LogP contribution in [0, 0.1) is 6.92 Å². The van der Waals surface area contributed by atoms with Crippen LogP contribution < -0.4 is 15.5 Å². The fourth-order valence-electron chi connectivity index (χ4n) is 2.99. The molecule has 4 rings (SSSR count). The third-order valence-corrected chi connectivity index (χ3v) is 5.25. The lowest BCUT2D eigenvalue weighted by atomic mass is 10.2. The number of nitrogens with zero attached hydrogens (tertiary/aromatic N) is 3. The molecular weight excluding hydrogens is 374 g/mol. The van der Waals surface area contributed by atoms with Gasteiger partial charge in [0.15, 0.2) is 5.82 Å². The zero-order valence-electron chi connectivity index (χ0n) is 15.7. The van der Waals surface area contributed by atoms with Crippen LogP contribution in [0.15, 0.2) is 64.6 Å². The number of nitrogens with one attached hydrogen (secondary N) is 4. The van der Waals surface area contributed by atoms with Gasteiger partial charge in [-0.3, -0.25) is 19.5 Å². The molecule has 1 atom stereocenters. The van der Waals surface area contributed by atoms with Crippen molar-refractivity contribution in [3.8, 4) is 0 Å². The summed E-state index contributed by atoms with van der Waals surface area (Å²) < 4.78 is 2.12. The molecule has 1 aromatic carbocycles.